The molecular weight excluding hydrogens is 228 g/mol. The Bertz CT molecular complexity index is 466. The van der Waals surface area contributed by atoms with Crippen molar-refractivity contribution in [2.24, 2.45) is 5.73 Å². The van der Waals surface area contributed by atoms with Crippen molar-refractivity contribution in [3.8, 4) is 0 Å². The first-order valence-corrected chi connectivity index (χ1v) is 6.83. The zero-order valence-electron chi connectivity index (χ0n) is 10.8. The molecule has 1 heterocycles. The van der Waals surface area contributed by atoms with E-state index in [9.17, 15) is 4.79 Å². The Morgan fingerprint density at radius 3 is 2.78 bits per heavy atom. The summed E-state index contributed by atoms with van der Waals surface area (Å²) in [6, 6.07) is 2.00. The summed E-state index contributed by atoms with van der Waals surface area (Å²) < 4.78 is 1.85. The van der Waals surface area contributed by atoms with Crippen LogP contribution in [0.5, 0.6) is 0 Å². The molecule has 0 aromatic carbocycles. The highest BCUT2D eigenvalue weighted by molar-refractivity contribution is 5.28. The van der Waals surface area contributed by atoms with Crippen molar-refractivity contribution in [3.05, 3.63) is 33.2 Å². The zero-order chi connectivity index (χ0) is 13.0. The quantitative estimate of drug-likeness (QED) is 0.782. The number of fused-ring (bicyclic) bond motifs is 1. The van der Waals surface area contributed by atoms with Crippen LogP contribution < -0.4 is 11.3 Å². The Labute approximate surface area is 107 Å². The van der Waals surface area contributed by atoms with Crippen molar-refractivity contribution in [2.75, 3.05) is 6.61 Å². The molecule has 3 N–H and O–H groups in total. The minimum Gasteiger partial charge on any atom is -0.396 e. The monoisotopic (exact) mass is 250 g/mol. The predicted molar refractivity (Wildman–Crippen MR) is 71.6 cm³/mol. The lowest BCUT2D eigenvalue weighted by Crippen LogP contribution is -2.29. The van der Waals surface area contributed by atoms with Gasteiger partial charge < -0.3 is 15.4 Å². The minimum absolute atomic E-state index is 0.0339. The summed E-state index contributed by atoms with van der Waals surface area (Å²) >= 11 is 0. The molecular formula is C14H22N2O2. The number of nitrogens with two attached hydrogens (primary N) is 1. The van der Waals surface area contributed by atoms with Gasteiger partial charge in [0.05, 0.1) is 0 Å². The number of nitrogens with zero attached hydrogens (tertiary/aromatic N) is 1. The van der Waals surface area contributed by atoms with Gasteiger partial charge in [-0.1, -0.05) is 6.42 Å². The van der Waals surface area contributed by atoms with Crippen LogP contribution in [0.3, 0.4) is 0 Å². The van der Waals surface area contributed by atoms with Gasteiger partial charge in [-0.2, -0.15) is 0 Å². The number of hydrogen-bond donors (Lipinski definition) is 2. The van der Waals surface area contributed by atoms with Crippen LogP contribution in [0.4, 0.5) is 0 Å². The van der Waals surface area contributed by atoms with Crippen molar-refractivity contribution in [2.45, 2.75) is 51.6 Å². The SMILES string of the molecule is NCc1cc2c(n(CCCO)c1=O)CCCCC2. The number of aryl methyl sites for hydroxylation is 1. The Kier molecular flexibility index (Phi) is 4.55. The number of aliphatic hydroxyl groups excluding tert-OH is 1. The molecule has 18 heavy (non-hydrogen) atoms. The van der Waals surface area contributed by atoms with E-state index in [0.29, 0.717) is 25.1 Å². The minimum atomic E-state index is 0.0339. The lowest BCUT2D eigenvalue weighted by molar-refractivity contribution is 0.278. The number of hydrogen-bond acceptors (Lipinski definition) is 3. The molecule has 0 atom stereocenters. The molecule has 0 saturated carbocycles. The highest BCUT2D eigenvalue weighted by Gasteiger charge is 2.15. The van der Waals surface area contributed by atoms with E-state index >= 15 is 0 Å². The van der Waals surface area contributed by atoms with E-state index in [1.54, 1.807) is 0 Å². The first kappa shape index (κ1) is 13.3. The van der Waals surface area contributed by atoms with Crippen LogP contribution in [0.2, 0.25) is 0 Å². The van der Waals surface area contributed by atoms with E-state index in [1.807, 2.05) is 10.6 Å². The third-order valence-electron chi connectivity index (χ3n) is 3.68. The number of rotatable bonds is 4. The lowest BCUT2D eigenvalue weighted by Gasteiger charge is -2.17. The van der Waals surface area contributed by atoms with Gasteiger partial charge in [-0.05, 0) is 43.7 Å². The maximum Gasteiger partial charge on any atom is 0.255 e. The van der Waals surface area contributed by atoms with E-state index in [4.69, 9.17) is 10.8 Å². The molecule has 1 aromatic rings. The average Bonchev–Trinajstić information content (AvgIpc) is 2.62. The summed E-state index contributed by atoms with van der Waals surface area (Å²) in [4.78, 5) is 12.3. The maximum absolute atomic E-state index is 12.3. The van der Waals surface area contributed by atoms with Crippen LogP contribution in [0.25, 0.3) is 0 Å². The van der Waals surface area contributed by atoms with Gasteiger partial charge in [0.25, 0.3) is 5.56 Å². The normalized spacial score (nSPS) is 15.2. The van der Waals surface area contributed by atoms with Crippen molar-refractivity contribution in [1.29, 1.82) is 0 Å². The van der Waals surface area contributed by atoms with Crippen molar-refractivity contribution in [1.82, 2.24) is 4.57 Å². The average molecular weight is 250 g/mol. The van der Waals surface area contributed by atoms with Crippen LogP contribution >= 0.6 is 0 Å². The molecule has 1 aromatic heterocycles. The van der Waals surface area contributed by atoms with Gasteiger partial charge in [0, 0.05) is 31.0 Å². The summed E-state index contributed by atoms with van der Waals surface area (Å²) in [5.41, 5.74) is 8.85. The van der Waals surface area contributed by atoms with Crippen molar-refractivity contribution < 1.29 is 5.11 Å². The van der Waals surface area contributed by atoms with Gasteiger partial charge in [-0.3, -0.25) is 4.79 Å². The highest BCUT2D eigenvalue weighted by Crippen LogP contribution is 2.20. The molecule has 0 fully saturated rings. The fourth-order valence-electron chi connectivity index (χ4n) is 2.73. The van der Waals surface area contributed by atoms with Crippen molar-refractivity contribution in [3.63, 3.8) is 0 Å². The third kappa shape index (κ3) is 2.65. The summed E-state index contributed by atoms with van der Waals surface area (Å²) in [6.07, 6.45) is 6.20. The predicted octanol–water partition coefficient (Wildman–Crippen LogP) is 0.958. The lowest BCUT2D eigenvalue weighted by atomic mass is 10.1. The van der Waals surface area contributed by atoms with Gasteiger partial charge in [0.1, 0.15) is 0 Å². The second-order valence-corrected chi connectivity index (χ2v) is 4.94. The van der Waals surface area contributed by atoms with E-state index in [0.717, 1.165) is 19.3 Å². The molecule has 4 heteroatoms. The van der Waals surface area contributed by atoms with E-state index in [1.165, 1.54) is 24.1 Å². The Morgan fingerprint density at radius 1 is 1.28 bits per heavy atom. The Hall–Kier alpha value is -1.13. The molecule has 100 valence electrons. The van der Waals surface area contributed by atoms with Gasteiger partial charge in [0.15, 0.2) is 0 Å². The van der Waals surface area contributed by atoms with Gasteiger partial charge in [0.2, 0.25) is 0 Å². The van der Waals surface area contributed by atoms with Gasteiger partial charge >= 0.3 is 0 Å². The first-order chi connectivity index (χ1) is 8.77. The van der Waals surface area contributed by atoms with Crippen LogP contribution in [-0.2, 0) is 25.9 Å². The molecule has 2 rings (SSSR count). The maximum atomic E-state index is 12.3. The molecule has 0 amide bonds. The molecule has 0 unspecified atom stereocenters. The largest absolute Gasteiger partial charge is 0.396 e. The van der Waals surface area contributed by atoms with Crippen LogP contribution in [-0.4, -0.2) is 16.3 Å². The summed E-state index contributed by atoms with van der Waals surface area (Å²) in [5, 5.41) is 8.96. The van der Waals surface area contributed by atoms with E-state index in [2.05, 4.69) is 0 Å². The number of aromatic nitrogens is 1. The Morgan fingerprint density at radius 2 is 2.06 bits per heavy atom. The molecule has 1 aliphatic rings. The summed E-state index contributed by atoms with van der Waals surface area (Å²) in [6.45, 7) is 1.02. The van der Waals surface area contributed by atoms with Crippen molar-refractivity contribution >= 4 is 0 Å². The summed E-state index contributed by atoms with van der Waals surface area (Å²) in [7, 11) is 0. The fourth-order valence-corrected chi connectivity index (χ4v) is 2.73. The first-order valence-electron chi connectivity index (χ1n) is 6.83. The van der Waals surface area contributed by atoms with Gasteiger partial charge in [-0.25, -0.2) is 0 Å². The zero-order valence-corrected chi connectivity index (χ0v) is 10.8. The van der Waals surface area contributed by atoms with Gasteiger partial charge in [-0.15, -0.1) is 0 Å². The van der Waals surface area contributed by atoms with E-state index in [-0.39, 0.29) is 12.2 Å². The molecule has 4 nitrogen and oxygen atoms in total. The Balaban J connectivity index is 2.48. The standard InChI is InChI=1S/C14H22N2O2/c15-10-12-9-11-5-2-1-3-6-13(11)16(14(12)18)7-4-8-17/h9,17H,1-8,10,15H2. The molecule has 0 aliphatic heterocycles. The van der Waals surface area contributed by atoms with Crippen LogP contribution in [0.1, 0.15) is 42.5 Å². The second kappa shape index (κ2) is 6.16. The highest BCUT2D eigenvalue weighted by atomic mass is 16.3. The molecule has 0 saturated heterocycles. The smallest absolute Gasteiger partial charge is 0.255 e. The molecule has 0 radical (unpaired) electrons. The molecule has 1 aliphatic carbocycles. The van der Waals surface area contributed by atoms with Crippen LogP contribution in [0.15, 0.2) is 10.9 Å². The van der Waals surface area contributed by atoms with Crippen LogP contribution in [0, 0.1) is 0 Å². The topological polar surface area (TPSA) is 68.2 Å². The molecule has 0 bridgehead atoms. The third-order valence-corrected chi connectivity index (χ3v) is 3.68. The van der Waals surface area contributed by atoms with E-state index < -0.39 is 0 Å². The number of pyridine rings is 1. The number of aliphatic hydroxyl groups is 1. The molecule has 0 spiro atoms. The fraction of sp³-hybridized carbons (Fsp3) is 0.643. The second-order valence-electron chi connectivity index (χ2n) is 4.94. The summed E-state index contributed by atoms with van der Waals surface area (Å²) in [5.74, 6) is 0.